The second kappa shape index (κ2) is 6.37. The van der Waals surface area contributed by atoms with E-state index in [2.05, 4.69) is 34.5 Å². The predicted molar refractivity (Wildman–Crippen MR) is 79.3 cm³/mol. The average molecular weight is 273 g/mol. The fraction of sp³-hybridized carbons (Fsp3) is 0.562. The molecule has 0 unspecified atom stereocenters. The van der Waals surface area contributed by atoms with Crippen LogP contribution in [0.5, 0.6) is 0 Å². The molecule has 1 atom stereocenters. The maximum Gasteiger partial charge on any atom is 0.227 e. The Kier molecular flexibility index (Phi) is 4.33. The molecule has 0 spiro atoms. The van der Waals surface area contributed by atoms with Crippen LogP contribution >= 0.6 is 0 Å². The fourth-order valence-electron chi connectivity index (χ4n) is 3.16. The summed E-state index contributed by atoms with van der Waals surface area (Å²) in [4.78, 5) is 16.9. The minimum atomic E-state index is 0.205. The molecule has 2 heterocycles. The minimum absolute atomic E-state index is 0.205. The molecule has 0 aromatic heterocycles. The van der Waals surface area contributed by atoms with Gasteiger partial charge in [-0.3, -0.25) is 9.69 Å². The Morgan fingerprint density at radius 2 is 1.90 bits per heavy atom. The normalized spacial score (nSPS) is 24.0. The van der Waals surface area contributed by atoms with E-state index in [4.69, 9.17) is 0 Å². The van der Waals surface area contributed by atoms with Gasteiger partial charge >= 0.3 is 0 Å². The summed E-state index contributed by atoms with van der Waals surface area (Å²) in [5, 5.41) is 3.30. The van der Waals surface area contributed by atoms with E-state index in [1.807, 2.05) is 11.0 Å². The van der Waals surface area contributed by atoms with Crippen LogP contribution in [0.25, 0.3) is 0 Å². The molecular formula is C16H23N3O. The smallest absolute Gasteiger partial charge is 0.227 e. The lowest BCUT2D eigenvalue weighted by atomic mass is 10.1. The molecule has 2 aliphatic rings. The van der Waals surface area contributed by atoms with Gasteiger partial charge in [0, 0.05) is 39.3 Å². The molecule has 2 fully saturated rings. The fourth-order valence-corrected chi connectivity index (χ4v) is 3.16. The van der Waals surface area contributed by atoms with E-state index in [9.17, 15) is 4.79 Å². The second-order valence-corrected chi connectivity index (χ2v) is 5.78. The highest BCUT2D eigenvalue weighted by atomic mass is 16.2. The first kappa shape index (κ1) is 13.6. The van der Waals surface area contributed by atoms with Gasteiger partial charge in [-0.15, -0.1) is 0 Å². The molecule has 4 nitrogen and oxygen atoms in total. The monoisotopic (exact) mass is 273 g/mol. The van der Waals surface area contributed by atoms with Gasteiger partial charge in [-0.05, 0) is 18.5 Å². The number of likely N-dealkylation sites (tertiary alicyclic amines) is 1. The van der Waals surface area contributed by atoms with Crippen LogP contribution in [0.4, 0.5) is 0 Å². The third kappa shape index (κ3) is 3.19. The number of carbonyl (C=O) groups excluding carboxylic acids is 1. The van der Waals surface area contributed by atoms with Crippen LogP contribution in [0, 0.1) is 5.92 Å². The molecule has 1 aromatic rings. The molecule has 20 heavy (non-hydrogen) atoms. The maximum atomic E-state index is 12.5. The number of rotatable bonds is 3. The highest BCUT2D eigenvalue weighted by molar-refractivity contribution is 5.79. The summed E-state index contributed by atoms with van der Waals surface area (Å²) in [6, 6.07) is 10.5. The average Bonchev–Trinajstić information content (AvgIpc) is 2.97. The second-order valence-electron chi connectivity index (χ2n) is 5.78. The van der Waals surface area contributed by atoms with Crippen LogP contribution in [0.2, 0.25) is 0 Å². The van der Waals surface area contributed by atoms with E-state index < -0.39 is 0 Å². The van der Waals surface area contributed by atoms with Gasteiger partial charge in [-0.1, -0.05) is 30.3 Å². The van der Waals surface area contributed by atoms with Crippen molar-refractivity contribution in [2.75, 3.05) is 39.3 Å². The number of nitrogens with zero attached hydrogens (tertiary/aromatic N) is 2. The van der Waals surface area contributed by atoms with Gasteiger partial charge in [-0.2, -0.15) is 0 Å². The van der Waals surface area contributed by atoms with Gasteiger partial charge in [0.15, 0.2) is 0 Å². The summed E-state index contributed by atoms with van der Waals surface area (Å²) in [6.45, 7) is 6.53. The summed E-state index contributed by atoms with van der Waals surface area (Å²) >= 11 is 0. The van der Waals surface area contributed by atoms with Crippen LogP contribution < -0.4 is 5.32 Å². The lowest BCUT2D eigenvalue weighted by Crippen LogP contribution is -2.48. The van der Waals surface area contributed by atoms with Gasteiger partial charge in [0.25, 0.3) is 0 Å². The van der Waals surface area contributed by atoms with Crippen molar-refractivity contribution in [3.63, 3.8) is 0 Å². The molecule has 2 saturated heterocycles. The quantitative estimate of drug-likeness (QED) is 0.890. The molecule has 4 heteroatoms. The van der Waals surface area contributed by atoms with Gasteiger partial charge in [0.05, 0.1) is 5.92 Å². The molecule has 1 N–H and O–H groups in total. The van der Waals surface area contributed by atoms with Crippen LogP contribution in [-0.4, -0.2) is 55.0 Å². The Morgan fingerprint density at radius 3 is 2.65 bits per heavy atom. The number of nitrogens with one attached hydrogen (secondary N) is 1. The van der Waals surface area contributed by atoms with E-state index in [0.717, 1.165) is 52.2 Å². The summed E-state index contributed by atoms with van der Waals surface area (Å²) in [6.07, 6.45) is 1.01. The lowest BCUT2D eigenvalue weighted by molar-refractivity contribution is -0.135. The van der Waals surface area contributed by atoms with E-state index in [-0.39, 0.29) is 5.92 Å². The summed E-state index contributed by atoms with van der Waals surface area (Å²) < 4.78 is 0. The topological polar surface area (TPSA) is 35.6 Å². The molecule has 1 amide bonds. The zero-order valence-electron chi connectivity index (χ0n) is 11.9. The Morgan fingerprint density at radius 1 is 1.15 bits per heavy atom. The number of hydrogen-bond donors (Lipinski definition) is 1. The zero-order valence-corrected chi connectivity index (χ0v) is 11.9. The first-order valence-electron chi connectivity index (χ1n) is 7.59. The Labute approximate surface area is 120 Å². The van der Waals surface area contributed by atoms with Gasteiger partial charge in [0.2, 0.25) is 5.91 Å². The Bertz CT molecular complexity index is 442. The van der Waals surface area contributed by atoms with E-state index in [0.29, 0.717) is 5.91 Å². The zero-order chi connectivity index (χ0) is 13.8. The van der Waals surface area contributed by atoms with Crippen LogP contribution in [0.15, 0.2) is 30.3 Å². The minimum Gasteiger partial charge on any atom is -0.340 e. The summed E-state index contributed by atoms with van der Waals surface area (Å²) in [5.74, 6) is 0.568. The van der Waals surface area contributed by atoms with Crippen molar-refractivity contribution in [2.24, 2.45) is 5.92 Å². The Balaban J connectivity index is 1.52. The van der Waals surface area contributed by atoms with Crippen molar-refractivity contribution < 1.29 is 4.79 Å². The number of carbonyl (C=O) groups is 1. The lowest BCUT2D eigenvalue weighted by Gasteiger charge is -2.29. The van der Waals surface area contributed by atoms with Crippen LogP contribution in [-0.2, 0) is 11.3 Å². The first-order chi connectivity index (χ1) is 9.83. The van der Waals surface area contributed by atoms with Crippen molar-refractivity contribution in [1.29, 1.82) is 0 Å². The van der Waals surface area contributed by atoms with Crippen molar-refractivity contribution >= 4 is 5.91 Å². The van der Waals surface area contributed by atoms with Crippen LogP contribution in [0.1, 0.15) is 12.0 Å². The standard InChI is InChI=1S/C16H23N3O/c20-16(19-10-7-17-8-11-19)15-6-9-18(13-15)12-14-4-2-1-3-5-14/h1-5,15,17H,6-13H2/t15-/m0/s1. The molecular weight excluding hydrogens is 250 g/mol. The molecule has 0 aliphatic carbocycles. The first-order valence-corrected chi connectivity index (χ1v) is 7.59. The maximum absolute atomic E-state index is 12.5. The van der Waals surface area contributed by atoms with Crippen molar-refractivity contribution in [3.8, 4) is 0 Å². The SMILES string of the molecule is O=C([C@H]1CCN(Cc2ccccc2)C1)N1CCNCC1. The summed E-state index contributed by atoms with van der Waals surface area (Å²) in [5.41, 5.74) is 1.34. The highest BCUT2D eigenvalue weighted by Crippen LogP contribution is 2.21. The number of piperazine rings is 1. The van der Waals surface area contributed by atoms with Gasteiger partial charge in [0.1, 0.15) is 0 Å². The van der Waals surface area contributed by atoms with Gasteiger partial charge in [-0.25, -0.2) is 0 Å². The van der Waals surface area contributed by atoms with E-state index >= 15 is 0 Å². The molecule has 0 bridgehead atoms. The molecule has 0 saturated carbocycles. The third-order valence-corrected chi connectivity index (χ3v) is 4.30. The number of hydrogen-bond acceptors (Lipinski definition) is 3. The highest BCUT2D eigenvalue weighted by Gasteiger charge is 2.31. The molecule has 0 radical (unpaired) electrons. The number of amides is 1. The molecule has 3 rings (SSSR count). The van der Waals surface area contributed by atoms with Crippen molar-refractivity contribution in [2.45, 2.75) is 13.0 Å². The van der Waals surface area contributed by atoms with Gasteiger partial charge < -0.3 is 10.2 Å². The Hall–Kier alpha value is -1.39. The van der Waals surface area contributed by atoms with Crippen LogP contribution in [0.3, 0.4) is 0 Å². The largest absolute Gasteiger partial charge is 0.340 e. The van der Waals surface area contributed by atoms with Crippen molar-refractivity contribution in [3.05, 3.63) is 35.9 Å². The van der Waals surface area contributed by atoms with Crippen molar-refractivity contribution in [1.82, 2.24) is 15.1 Å². The van der Waals surface area contributed by atoms with E-state index in [1.54, 1.807) is 0 Å². The predicted octanol–water partition coefficient (Wildman–Crippen LogP) is 0.940. The molecule has 2 aliphatic heterocycles. The third-order valence-electron chi connectivity index (χ3n) is 4.30. The summed E-state index contributed by atoms with van der Waals surface area (Å²) in [7, 11) is 0. The number of benzene rings is 1. The molecule has 1 aromatic carbocycles. The molecule has 108 valence electrons. The van der Waals surface area contributed by atoms with E-state index in [1.165, 1.54) is 5.56 Å².